The summed E-state index contributed by atoms with van der Waals surface area (Å²) in [5.41, 5.74) is 0.267. The molecule has 0 bridgehead atoms. The summed E-state index contributed by atoms with van der Waals surface area (Å²) in [6, 6.07) is 7.87. The van der Waals surface area contributed by atoms with Crippen LogP contribution >= 0.6 is 0 Å². The minimum Gasteiger partial charge on any atom is -0.267 e. The number of H-pyrrole nitrogens is 1. The highest BCUT2D eigenvalue weighted by Crippen LogP contribution is 2.23. The molecule has 0 aliphatic heterocycles. The van der Waals surface area contributed by atoms with Gasteiger partial charge in [-0.2, -0.15) is 5.10 Å². The molecule has 88 valence electrons. The van der Waals surface area contributed by atoms with Gasteiger partial charge in [-0.1, -0.05) is 18.2 Å². The number of hydrogen-bond donors (Lipinski definition) is 1. The van der Waals surface area contributed by atoms with Crippen molar-refractivity contribution in [3.63, 3.8) is 0 Å². The van der Waals surface area contributed by atoms with Gasteiger partial charge in [0.15, 0.2) is 9.84 Å². The minimum absolute atomic E-state index is 0.136. The Morgan fingerprint density at radius 2 is 1.82 bits per heavy atom. The van der Waals surface area contributed by atoms with Crippen molar-refractivity contribution in [2.24, 2.45) is 0 Å². The lowest BCUT2D eigenvalue weighted by molar-refractivity contribution is 0.602. The fourth-order valence-corrected chi connectivity index (χ4v) is 2.47. The van der Waals surface area contributed by atoms with Crippen LogP contribution in [0.4, 0.5) is 0 Å². The highest BCUT2D eigenvalue weighted by Gasteiger charge is 2.15. The number of rotatable bonds is 2. The van der Waals surface area contributed by atoms with Crippen LogP contribution < -0.4 is 5.56 Å². The first-order chi connectivity index (χ1) is 8.00. The zero-order valence-corrected chi connectivity index (χ0v) is 9.86. The van der Waals surface area contributed by atoms with Gasteiger partial charge in [-0.05, 0) is 12.1 Å². The Hall–Kier alpha value is -1.95. The van der Waals surface area contributed by atoms with E-state index < -0.39 is 15.4 Å². The first-order valence-electron chi connectivity index (χ1n) is 4.83. The molecule has 1 aromatic carbocycles. The van der Waals surface area contributed by atoms with Crippen molar-refractivity contribution >= 4 is 9.84 Å². The van der Waals surface area contributed by atoms with Crippen LogP contribution in [0.3, 0.4) is 0 Å². The minimum atomic E-state index is -3.37. The number of aromatic amines is 1. The van der Waals surface area contributed by atoms with Gasteiger partial charge in [0.05, 0.1) is 10.5 Å². The summed E-state index contributed by atoms with van der Waals surface area (Å²) < 4.78 is 23.2. The van der Waals surface area contributed by atoms with Crippen LogP contribution in [0, 0.1) is 0 Å². The van der Waals surface area contributed by atoms with E-state index in [-0.39, 0.29) is 4.90 Å². The van der Waals surface area contributed by atoms with Crippen molar-refractivity contribution in [1.82, 2.24) is 10.2 Å². The molecule has 2 rings (SSSR count). The molecular formula is C11H10N2O3S. The topological polar surface area (TPSA) is 79.9 Å². The van der Waals surface area contributed by atoms with Crippen molar-refractivity contribution in [3.8, 4) is 11.1 Å². The van der Waals surface area contributed by atoms with E-state index in [1.165, 1.54) is 18.3 Å². The normalized spacial score (nSPS) is 11.4. The van der Waals surface area contributed by atoms with Crippen molar-refractivity contribution in [2.45, 2.75) is 4.90 Å². The summed E-state index contributed by atoms with van der Waals surface area (Å²) in [7, 11) is -3.37. The third-order valence-electron chi connectivity index (χ3n) is 2.30. The number of aromatic nitrogens is 2. The molecule has 0 amide bonds. The van der Waals surface area contributed by atoms with Gasteiger partial charge < -0.3 is 0 Å². The van der Waals surface area contributed by atoms with Gasteiger partial charge in [0.25, 0.3) is 5.56 Å². The Bertz CT molecular complexity index is 704. The number of nitrogens with one attached hydrogen (secondary N) is 1. The quantitative estimate of drug-likeness (QED) is 0.856. The molecule has 0 fully saturated rings. The van der Waals surface area contributed by atoms with E-state index in [4.69, 9.17) is 0 Å². The molecule has 6 heteroatoms. The number of benzene rings is 1. The zero-order valence-electron chi connectivity index (χ0n) is 9.04. The lowest BCUT2D eigenvalue weighted by Crippen LogP contribution is -2.11. The molecule has 0 aliphatic rings. The summed E-state index contributed by atoms with van der Waals surface area (Å²) in [5, 5.41) is 5.85. The molecule has 0 saturated carbocycles. The summed E-state index contributed by atoms with van der Waals surface area (Å²) >= 11 is 0. The van der Waals surface area contributed by atoms with Crippen LogP contribution in [0.2, 0.25) is 0 Å². The summed E-state index contributed by atoms with van der Waals surface area (Å²) in [4.78, 5) is 11.7. The monoisotopic (exact) mass is 250 g/mol. The highest BCUT2D eigenvalue weighted by atomic mass is 32.2. The van der Waals surface area contributed by atoms with Crippen molar-refractivity contribution in [1.29, 1.82) is 0 Å². The van der Waals surface area contributed by atoms with E-state index in [1.807, 2.05) is 0 Å². The largest absolute Gasteiger partial charge is 0.272 e. The zero-order chi connectivity index (χ0) is 12.5. The maximum atomic E-state index is 11.6. The third kappa shape index (κ3) is 2.26. The first-order valence-corrected chi connectivity index (χ1v) is 6.72. The predicted molar refractivity (Wildman–Crippen MR) is 63.4 cm³/mol. The second-order valence-corrected chi connectivity index (χ2v) is 5.55. The second kappa shape index (κ2) is 4.14. The molecule has 0 radical (unpaired) electrons. The predicted octanol–water partition coefficient (Wildman–Crippen LogP) is 0.840. The molecule has 1 heterocycles. The smallest absolute Gasteiger partial charge is 0.267 e. The first kappa shape index (κ1) is 11.5. The Labute approximate surface area is 98.0 Å². The average Bonchev–Trinajstić information content (AvgIpc) is 2.28. The molecule has 1 aromatic heterocycles. The van der Waals surface area contributed by atoms with Crippen molar-refractivity contribution in [3.05, 3.63) is 46.9 Å². The van der Waals surface area contributed by atoms with Gasteiger partial charge in [-0.25, -0.2) is 13.5 Å². The Kier molecular flexibility index (Phi) is 2.81. The standard InChI is InChI=1S/C11H10N2O3S/c1-17(15,16)10-5-3-2-4-8(10)9-6-7-12-13-11(9)14/h2-7H,1H3,(H,13,14). The molecule has 0 atom stereocenters. The molecule has 0 aliphatic carbocycles. The van der Waals surface area contributed by atoms with Crippen LogP contribution in [0.5, 0.6) is 0 Å². The van der Waals surface area contributed by atoms with E-state index in [0.29, 0.717) is 11.1 Å². The number of hydrogen-bond acceptors (Lipinski definition) is 4. The maximum absolute atomic E-state index is 11.6. The van der Waals surface area contributed by atoms with Crippen LogP contribution in [0.25, 0.3) is 11.1 Å². The maximum Gasteiger partial charge on any atom is 0.272 e. The van der Waals surface area contributed by atoms with Gasteiger partial charge in [0, 0.05) is 18.0 Å². The Morgan fingerprint density at radius 3 is 2.47 bits per heavy atom. The lowest BCUT2D eigenvalue weighted by Gasteiger charge is -2.06. The van der Waals surface area contributed by atoms with Gasteiger partial charge in [0.2, 0.25) is 0 Å². The van der Waals surface area contributed by atoms with Gasteiger partial charge in [-0.3, -0.25) is 4.79 Å². The number of sulfone groups is 1. The summed E-state index contributed by atoms with van der Waals surface area (Å²) in [6.07, 6.45) is 2.52. The van der Waals surface area contributed by atoms with Crippen molar-refractivity contribution < 1.29 is 8.42 Å². The van der Waals surface area contributed by atoms with Gasteiger partial charge in [-0.15, -0.1) is 0 Å². The van der Waals surface area contributed by atoms with E-state index in [0.717, 1.165) is 6.26 Å². The van der Waals surface area contributed by atoms with E-state index in [9.17, 15) is 13.2 Å². The summed E-state index contributed by atoms with van der Waals surface area (Å²) in [6.45, 7) is 0. The molecule has 0 spiro atoms. The molecule has 0 unspecified atom stereocenters. The van der Waals surface area contributed by atoms with Crippen LogP contribution in [0.15, 0.2) is 46.2 Å². The van der Waals surface area contributed by atoms with Crippen LogP contribution in [-0.4, -0.2) is 24.9 Å². The Morgan fingerprint density at radius 1 is 1.12 bits per heavy atom. The van der Waals surface area contributed by atoms with Crippen molar-refractivity contribution in [2.75, 3.05) is 6.26 Å². The summed E-state index contributed by atoms with van der Waals surface area (Å²) in [5.74, 6) is 0. The molecule has 0 saturated heterocycles. The fraction of sp³-hybridized carbons (Fsp3) is 0.0909. The van der Waals surface area contributed by atoms with Gasteiger partial charge in [0.1, 0.15) is 0 Å². The average molecular weight is 250 g/mol. The molecule has 5 nitrogen and oxygen atoms in total. The van der Waals surface area contributed by atoms with Gasteiger partial charge >= 0.3 is 0 Å². The van der Waals surface area contributed by atoms with E-state index >= 15 is 0 Å². The molecule has 1 N–H and O–H groups in total. The fourth-order valence-electron chi connectivity index (χ4n) is 1.57. The molecule has 2 aromatic rings. The van der Waals surface area contributed by atoms with E-state index in [1.54, 1.807) is 18.2 Å². The van der Waals surface area contributed by atoms with E-state index in [2.05, 4.69) is 10.2 Å². The SMILES string of the molecule is CS(=O)(=O)c1ccccc1-c1ccn[nH]c1=O. The van der Waals surface area contributed by atoms with Crippen LogP contribution in [-0.2, 0) is 9.84 Å². The third-order valence-corrected chi connectivity index (χ3v) is 3.46. The highest BCUT2D eigenvalue weighted by molar-refractivity contribution is 7.90. The lowest BCUT2D eigenvalue weighted by atomic mass is 10.1. The number of nitrogens with zero attached hydrogens (tertiary/aromatic N) is 1. The van der Waals surface area contributed by atoms with Crippen LogP contribution in [0.1, 0.15) is 0 Å². The molecular weight excluding hydrogens is 240 g/mol. The molecule has 17 heavy (non-hydrogen) atoms. The Balaban J connectivity index is 2.78. The second-order valence-electron chi connectivity index (χ2n) is 3.57.